The van der Waals surface area contributed by atoms with Gasteiger partial charge in [-0.2, -0.15) is 0 Å². The first-order chi connectivity index (χ1) is 33.0. The summed E-state index contributed by atoms with van der Waals surface area (Å²) in [5, 5.41) is 0. The molecule has 0 aromatic heterocycles. The van der Waals surface area contributed by atoms with Crippen LogP contribution in [0, 0.1) is 0 Å². The molecule has 0 radical (unpaired) electrons. The molecule has 1 unspecified atom stereocenters. The van der Waals surface area contributed by atoms with Crippen molar-refractivity contribution in [3.8, 4) is 66.8 Å². The molecule has 67 heavy (non-hydrogen) atoms. The second-order valence-corrected chi connectivity index (χ2v) is 19.1. The molecule has 13 rings (SSSR count). The Morgan fingerprint density at radius 1 is 0.328 bits per heavy atom. The fourth-order valence-corrected chi connectivity index (χ4v) is 12.4. The third-order valence-corrected chi connectivity index (χ3v) is 15.3. The minimum absolute atomic E-state index is 0.143. The van der Waals surface area contributed by atoms with Gasteiger partial charge in [-0.1, -0.05) is 214 Å². The predicted molar refractivity (Wildman–Crippen MR) is 281 cm³/mol. The van der Waals surface area contributed by atoms with Crippen LogP contribution in [0.4, 0.5) is 17.1 Å². The Morgan fingerprint density at radius 3 is 1.63 bits per heavy atom. The highest BCUT2D eigenvalue weighted by Gasteiger charge is 2.48. The Balaban J connectivity index is 1.02. The minimum atomic E-state index is -0.211. The molecule has 318 valence electrons. The van der Waals surface area contributed by atoms with Gasteiger partial charge in [0.2, 0.25) is 0 Å². The highest BCUT2D eigenvalue weighted by molar-refractivity contribution is 5.95. The molecule has 10 aromatic carbocycles. The van der Waals surface area contributed by atoms with Gasteiger partial charge in [0.1, 0.15) is 0 Å². The summed E-state index contributed by atoms with van der Waals surface area (Å²) in [7, 11) is 0. The standard InChI is InChI=1S/C66H49N/c1-65(2)60-34-13-9-30-56(60)58-32-18-31-54(64(58)65)48-24-17-25-49(42-48)67(50-37-38-57-55-29-10-14-35-61(55)66(62(57)43-50)40-39-45-21-6-12-33-59(45)66)63-36-15-11-28-53(63)47-23-16-22-46(41-47)52-27-8-7-26-51(52)44-19-4-3-5-20-44/h3-38,41-43H,39-40H2,1-2H3. The summed E-state index contributed by atoms with van der Waals surface area (Å²) in [6.07, 6.45) is 2.12. The average molecular weight is 856 g/mol. The number of hydrogen-bond donors (Lipinski definition) is 0. The Morgan fingerprint density at radius 2 is 0.836 bits per heavy atom. The van der Waals surface area contributed by atoms with Crippen LogP contribution in [0.1, 0.15) is 53.6 Å². The normalized spacial score (nSPS) is 15.7. The highest BCUT2D eigenvalue weighted by atomic mass is 15.1. The van der Waals surface area contributed by atoms with Gasteiger partial charge in [0.25, 0.3) is 0 Å². The van der Waals surface area contributed by atoms with Crippen molar-refractivity contribution in [2.75, 3.05) is 4.90 Å². The van der Waals surface area contributed by atoms with Crippen molar-refractivity contribution in [3.63, 3.8) is 0 Å². The number of para-hydroxylation sites is 1. The van der Waals surface area contributed by atoms with Crippen molar-refractivity contribution in [1.29, 1.82) is 0 Å². The van der Waals surface area contributed by atoms with Crippen LogP contribution in [0.25, 0.3) is 66.8 Å². The summed E-state index contributed by atoms with van der Waals surface area (Å²) in [4.78, 5) is 2.53. The van der Waals surface area contributed by atoms with E-state index in [1.807, 2.05) is 0 Å². The van der Waals surface area contributed by atoms with Gasteiger partial charge in [0.15, 0.2) is 0 Å². The van der Waals surface area contributed by atoms with Crippen molar-refractivity contribution in [2.45, 2.75) is 37.5 Å². The molecule has 0 N–H and O–H groups in total. The second-order valence-electron chi connectivity index (χ2n) is 19.1. The van der Waals surface area contributed by atoms with Crippen molar-refractivity contribution in [3.05, 3.63) is 270 Å². The zero-order valence-corrected chi connectivity index (χ0v) is 37.9. The van der Waals surface area contributed by atoms with Crippen LogP contribution < -0.4 is 4.90 Å². The Bertz CT molecular complexity index is 3570. The smallest absolute Gasteiger partial charge is 0.0540 e. The molecular formula is C66H49N. The van der Waals surface area contributed by atoms with E-state index in [0.717, 1.165) is 29.9 Å². The first-order valence-electron chi connectivity index (χ1n) is 23.8. The summed E-state index contributed by atoms with van der Waals surface area (Å²) >= 11 is 0. The summed E-state index contributed by atoms with van der Waals surface area (Å²) in [5.74, 6) is 0. The molecule has 0 heterocycles. The lowest BCUT2D eigenvalue weighted by Gasteiger charge is -2.32. The first kappa shape index (κ1) is 39.4. The number of fused-ring (bicyclic) bond motifs is 10. The quantitative estimate of drug-likeness (QED) is 0.154. The van der Waals surface area contributed by atoms with Crippen LogP contribution in [-0.4, -0.2) is 0 Å². The molecule has 0 amide bonds. The lowest BCUT2D eigenvalue weighted by atomic mass is 9.73. The lowest BCUT2D eigenvalue weighted by Crippen LogP contribution is -2.24. The minimum Gasteiger partial charge on any atom is -0.310 e. The molecular weight excluding hydrogens is 807 g/mol. The number of aryl methyl sites for hydroxylation is 1. The average Bonchev–Trinajstić information content (AvgIpc) is 4.00. The molecule has 0 bridgehead atoms. The third kappa shape index (κ3) is 6.01. The number of anilines is 3. The van der Waals surface area contributed by atoms with Crippen LogP contribution in [0.2, 0.25) is 0 Å². The highest BCUT2D eigenvalue weighted by Crippen LogP contribution is 2.60. The molecule has 1 heteroatoms. The van der Waals surface area contributed by atoms with E-state index in [0.29, 0.717) is 0 Å². The number of benzene rings is 10. The van der Waals surface area contributed by atoms with E-state index in [9.17, 15) is 0 Å². The van der Waals surface area contributed by atoms with E-state index in [1.54, 1.807) is 0 Å². The molecule has 3 aliphatic carbocycles. The van der Waals surface area contributed by atoms with Crippen LogP contribution >= 0.6 is 0 Å². The predicted octanol–water partition coefficient (Wildman–Crippen LogP) is 17.4. The van der Waals surface area contributed by atoms with Gasteiger partial charge in [0.05, 0.1) is 5.69 Å². The largest absolute Gasteiger partial charge is 0.310 e. The van der Waals surface area contributed by atoms with Crippen LogP contribution in [0.5, 0.6) is 0 Å². The molecule has 0 aliphatic heterocycles. The maximum atomic E-state index is 2.54. The lowest BCUT2D eigenvalue weighted by molar-refractivity contribution is 0.626. The van der Waals surface area contributed by atoms with Crippen LogP contribution in [0.3, 0.4) is 0 Å². The summed E-state index contributed by atoms with van der Waals surface area (Å²) in [5.41, 5.74) is 26.6. The number of nitrogens with zero attached hydrogens (tertiary/aromatic N) is 1. The Kier molecular flexibility index (Phi) is 8.99. The fraction of sp³-hybridized carbons (Fsp3) is 0.0909. The SMILES string of the molecule is CC1(C)c2ccccc2-c2cccc(-c3cccc(N(c4ccc5c(c4)C4(CCc6ccccc64)c4ccccc4-5)c4ccccc4-c4cccc(-c5ccccc5-c5ccccc5)c4)c3)c21. The fourth-order valence-electron chi connectivity index (χ4n) is 12.4. The molecule has 0 fully saturated rings. The Hall–Kier alpha value is -8.00. The van der Waals surface area contributed by atoms with Crippen molar-refractivity contribution in [2.24, 2.45) is 0 Å². The van der Waals surface area contributed by atoms with Gasteiger partial charge in [-0.15, -0.1) is 0 Å². The zero-order chi connectivity index (χ0) is 44.7. The van der Waals surface area contributed by atoms with Crippen molar-refractivity contribution >= 4 is 17.1 Å². The topological polar surface area (TPSA) is 3.24 Å². The molecule has 1 nitrogen and oxygen atoms in total. The van der Waals surface area contributed by atoms with E-state index >= 15 is 0 Å². The van der Waals surface area contributed by atoms with E-state index in [1.165, 1.54) is 100 Å². The molecule has 3 aliphatic rings. The van der Waals surface area contributed by atoms with Crippen LogP contribution in [0.15, 0.2) is 237 Å². The summed E-state index contributed by atoms with van der Waals surface area (Å²) in [6, 6.07) is 88.4. The van der Waals surface area contributed by atoms with Crippen molar-refractivity contribution in [1.82, 2.24) is 0 Å². The maximum absolute atomic E-state index is 2.54. The van der Waals surface area contributed by atoms with Gasteiger partial charge in [-0.3, -0.25) is 0 Å². The number of rotatable bonds is 7. The molecule has 0 saturated heterocycles. The number of hydrogen-bond acceptors (Lipinski definition) is 1. The van der Waals surface area contributed by atoms with Gasteiger partial charge < -0.3 is 4.90 Å². The first-order valence-corrected chi connectivity index (χ1v) is 23.8. The van der Waals surface area contributed by atoms with E-state index in [2.05, 4.69) is 255 Å². The van der Waals surface area contributed by atoms with Crippen LogP contribution in [-0.2, 0) is 17.3 Å². The van der Waals surface area contributed by atoms with Gasteiger partial charge in [0, 0.05) is 27.8 Å². The zero-order valence-electron chi connectivity index (χ0n) is 37.9. The second kappa shape index (κ2) is 15.3. The summed E-state index contributed by atoms with van der Waals surface area (Å²) in [6.45, 7) is 4.78. The van der Waals surface area contributed by atoms with E-state index in [4.69, 9.17) is 0 Å². The van der Waals surface area contributed by atoms with E-state index < -0.39 is 0 Å². The van der Waals surface area contributed by atoms with Gasteiger partial charge >= 0.3 is 0 Å². The molecule has 0 saturated carbocycles. The van der Waals surface area contributed by atoms with Gasteiger partial charge in [-0.05, 0) is 144 Å². The van der Waals surface area contributed by atoms with Crippen molar-refractivity contribution < 1.29 is 0 Å². The molecule has 10 aromatic rings. The third-order valence-electron chi connectivity index (χ3n) is 15.3. The van der Waals surface area contributed by atoms with E-state index in [-0.39, 0.29) is 10.8 Å². The summed E-state index contributed by atoms with van der Waals surface area (Å²) < 4.78 is 0. The monoisotopic (exact) mass is 855 g/mol. The maximum Gasteiger partial charge on any atom is 0.0540 e. The van der Waals surface area contributed by atoms with Gasteiger partial charge in [-0.25, -0.2) is 0 Å². The molecule has 1 spiro atoms. The Labute approximate surface area is 394 Å². The molecule has 1 atom stereocenters.